The molecule has 1 amide bonds. The Morgan fingerprint density at radius 1 is 1.29 bits per heavy atom. The predicted octanol–water partition coefficient (Wildman–Crippen LogP) is 3.63. The highest BCUT2D eigenvalue weighted by Gasteiger charge is 2.28. The van der Waals surface area contributed by atoms with E-state index in [2.05, 4.69) is 9.97 Å². The minimum Gasteiger partial charge on any atom is -0.445 e. The highest BCUT2D eigenvalue weighted by Crippen LogP contribution is 2.28. The van der Waals surface area contributed by atoms with Gasteiger partial charge in [0, 0.05) is 30.6 Å². The van der Waals surface area contributed by atoms with Gasteiger partial charge in [-0.05, 0) is 36.6 Å². The molecule has 0 saturated carbocycles. The molecule has 1 N–H and O–H groups in total. The van der Waals surface area contributed by atoms with Crippen LogP contribution in [0.25, 0.3) is 0 Å². The van der Waals surface area contributed by atoms with Gasteiger partial charge in [-0.15, -0.1) is 0 Å². The monoisotopic (exact) mass is 397 g/mol. The summed E-state index contributed by atoms with van der Waals surface area (Å²) in [5.74, 6) is 1.29. The number of carbonyl (C=O) groups is 1. The van der Waals surface area contributed by atoms with E-state index in [1.807, 2.05) is 24.3 Å². The molecule has 4 rings (SSSR count). The normalized spacial score (nSPS) is 16.9. The van der Waals surface area contributed by atoms with Crippen LogP contribution >= 0.6 is 11.6 Å². The first-order valence-corrected chi connectivity index (χ1v) is 9.64. The number of amides is 1. The van der Waals surface area contributed by atoms with Crippen molar-refractivity contribution in [1.82, 2.24) is 14.9 Å². The molecule has 28 heavy (non-hydrogen) atoms. The minimum atomic E-state index is -0.280. The summed E-state index contributed by atoms with van der Waals surface area (Å²) in [6.07, 6.45) is 4.13. The highest BCUT2D eigenvalue weighted by molar-refractivity contribution is 6.30. The summed E-state index contributed by atoms with van der Waals surface area (Å²) in [6.45, 7) is 1.18. The lowest BCUT2D eigenvalue weighted by Gasteiger charge is -2.31. The fraction of sp³-hybridized carbons (Fsp3) is 0.286. The van der Waals surface area contributed by atoms with E-state index in [1.165, 1.54) is 6.07 Å². The van der Waals surface area contributed by atoms with Crippen molar-refractivity contribution in [2.45, 2.75) is 25.2 Å². The first kappa shape index (κ1) is 18.5. The number of nitrogens with zero attached hydrogens (tertiary/aromatic N) is 2. The van der Waals surface area contributed by atoms with Crippen LogP contribution in [0.1, 0.15) is 46.5 Å². The van der Waals surface area contributed by atoms with E-state index >= 15 is 0 Å². The molecule has 6 nitrogen and oxygen atoms in total. The highest BCUT2D eigenvalue weighted by atomic mass is 35.5. The third kappa shape index (κ3) is 4.17. The van der Waals surface area contributed by atoms with Crippen LogP contribution in [-0.4, -0.2) is 33.9 Å². The van der Waals surface area contributed by atoms with Gasteiger partial charge in [-0.1, -0.05) is 29.8 Å². The second-order valence-electron chi connectivity index (χ2n) is 6.99. The third-order valence-electron chi connectivity index (χ3n) is 4.90. The molecular weight excluding hydrogens is 378 g/mol. The Bertz CT molecular complexity index is 1040. The van der Waals surface area contributed by atoms with Gasteiger partial charge in [0.2, 0.25) is 5.56 Å². The van der Waals surface area contributed by atoms with Crippen molar-refractivity contribution in [3.63, 3.8) is 0 Å². The van der Waals surface area contributed by atoms with Crippen LogP contribution in [0.3, 0.4) is 0 Å². The number of nitrogens with one attached hydrogen (secondary N) is 1. The second kappa shape index (κ2) is 8.02. The summed E-state index contributed by atoms with van der Waals surface area (Å²) >= 11 is 6.04. The summed E-state index contributed by atoms with van der Waals surface area (Å²) in [7, 11) is 0. The van der Waals surface area contributed by atoms with Crippen molar-refractivity contribution in [2.24, 2.45) is 0 Å². The Kier molecular flexibility index (Phi) is 5.30. The first-order valence-electron chi connectivity index (χ1n) is 9.26. The Balaban J connectivity index is 1.45. The van der Waals surface area contributed by atoms with Crippen molar-refractivity contribution in [1.29, 1.82) is 0 Å². The molecule has 1 aromatic carbocycles. The molecule has 1 atom stereocenters. The van der Waals surface area contributed by atoms with Gasteiger partial charge >= 0.3 is 0 Å². The molecule has 0 bridgehead atoms. The Labute approximate surface area is 167 Å². The van der Waals surface area contributed by atoms with Gasteiger partial charge in [-0.2, -0.15) is 0 Å². The Morgan fingerprint density at radius 3 is 2.96 bits per heavy atom. The van der Waals surface area contributed by atoms with E-state index in [1.54, 1.807) is 23.2 Å². The number of likely N-dealkylation sites (tertiary alicyclic amines) is 1. The fourth-order valence-corrected chi connectivity index (χ4v) is 3.76. The van der Waals surface area contributed by atoms with Crippen molar-refractivity contribution in [2.75, 3.05) is 13.1 Å². The summed E-state index contributed by atoms with van der Waals surface area (Å²) < 4.78 is 5.97. The summed E-state index contributed by atoms with van der Waals surface area (Å²) in [5, 5.41) is 0.692. The van der Waals surface area contributed by atoms with Crippen molar-refractivity contribution in [3.8, 4) is 0 Å². The largest absolute Gasteiger partial charge is 0.445 e. The van der Waals surface area contributed by atoms with Gasteiger partial charge in [-0.25, -0.2) is 4.98 Å². The molecule has 1 aliphatic rings. The molecule has 1 fully saturated rings. The zero-order chi connectivity index (χ0) is 19.5. The molecule has 2 aromatic heterocycles. The van der Waals surface area contributed by atoms with E-state index in [0.717, 1.165) is 24.2 Å². The minimum absolute atomic E-state index is 0.0428. The number of hydrogen-bond donors (Lipinski definition) is 1. The van der Waals surface area contributed by atoms with E-state index < -0.39 is 0 Å². The second-order valence-corrected chi connectivity index (χ2v) is 7.43. The molecule has 7 heteroatoms. The van der Waals surface area contributed by atoms with E-state index in [4.69, 9.17) is 16.0 Å². The average Bonchev–Trinajstić information content (AvgIpc) is 3.16. The number of hydrogen-bond acceptors (Lipinski definition) is 4. The number of piperidine rings is 1. The van der Waals surface area contributed by atoms with Gasteiger partial charge < -0.3 is 14.3 Å². The maximum Gasteiger partial charge on any atom is 0.270 e. The van der Waals surface area contributed by atoms with Gasteiger partial charge in [0.15, 0.2) is 5.89 Å². The Hall–Kier alpha value is -2.86. The lowest BCUT2D eigenvalue weighted by molar-refractivity contribution is 0.0691. The van der Waals surface area contributed by atoms with Crippen LogP contribution in [0, 0.1) is 0 Å². The number of rotatable bonds is 4. The predicted molar refractivity (Wildman–Crippen MR) is 106 cm³/mol. The fourth-order valence-electron chi connectivity index (χ4n) is 3.55. The zero-order valence-electron chi connectivity index (χ0n) is 15.2. The first-order chi connectivity index (χ1) is 13.6. The number of oxazole rings is 1. The molecular formula is C21H20ClN3O3. The molecule has 0 aliphatic carbocycles. The van der Waals surface area contributed by atoms with Gasteiger partial charge in [-0.3, -0.25) is 9.59 Å². The molecule has 0 unspecified atom stereocenters. The van der Waals surface area contributed by atoms with E-state index in [9.17, 15) is 9.59 Å². The van der Waals surface area contributed by atoms with Crippen LogP contribution in [-0.2, 0) is 6.42 Å². The standard InChI is InChI=1S/C21H20ClN3O3/c22-16-6-1-4-14(10-16)11-17-12-23-20(28-17)15-5-3-9-25(13-15)21(27)18-7-2-8-19(26)24-18/h1-2,4,6-8,10,12,15H,3,5,9,11,13H2,(H,24,26)/t15-/m1/s1. The maximum absolute atomic E-state index is 12.7. The van der Waals surface area contributed by atoms with E-state index in [0.29, 0.717) is 36.1 Å². The van der Waals surface area contributed by atoms with Gasteiger partial charge in [0.25, 0.3) is 5.91 Å². The summed E-state index contributed by atoms with van der Waals surface area (Å²) in [5.41, 5.74) is 1.09. The van der Waals surface area contributed by atoms with Crippen LogP contribution in [0.15, 0.2) is 57.9 Å². The molecule has 0 radical (unpaired) electrons. The lowest BCUT2D eigenvalue weighted by atomic mass is 9.97. The van der Waals surface area contributed by atoms with Crippen molar-refractivity contribution >= 4 is 17.5 Å². The Morgan fingerprint density at radius 2 is 2.14 bits per heavy atom. The van der Waals surface area contributed by atoms with Gasteiger partial charge in [0.05, 0.1) is 12.1 Å². The van der Waals surface area contributed by atoms with Crippen LogP contribution in [0.4, 0.5) is 0 Å². The summed E-state index contributed by atoms with van der Waals surface area (Å²) in [6, 6.07) is 12.3. The van der Waals surface area contributed by atoms with Crippen molar-refractivity contribution in [3.05, 3.63) is 86.9 Å². The maximum atomic E-state index is 12.7. The SMILES string of the molecule is O=C(c1cccc(=O)[nH]1)N1CCC[C@@H](c2ncc(Cc3cccc(Cl)c3)o2)C1. The molecule has 144 valence electrons. The average molecular weight is 398 g/mol. The smallest absolute Gasteiger partial charge is 0.270 e. The number of aromatic amines is 1. The zero-order valence-corrected chi connectivity index (χ0v) is 16.0. The number of benzene rings is 1. The molecule has 0 spiro atoms. The molecule has 3 aromatic rings. The van der Waals surface area contributed by atoms with Crippen molar-refractivity contribution < 1.29 is 9.21 Å². The van der Waals surface area contributed by atoms with E-state index in [-0.39, 0.29) is 17.4 Å². The molecule has 1 saturated heterocycles. The van der Waals surface area contributed by atoms with Crippen LogP contribution in [0.5, 0.6) is 0 Å². The topological polar surface area (TPSA) is 79.2 Å². The van der Waals surface area contributed by atoms with Crippen LogP contribution < -0.4 is 5.56 Å². The van der Waals surface area contributed by atoms with Crippen LogP contribution in [0.2, 0.25) is 5.02 Å². The molecule has 3 heterocycles. The number of carbonyl (C=O) groups excluding carboxylic acids is 1. The molecule has 1 aliphatic heterocycles. The number of pyridine rings is 1. The lowest BCUT2D eigenvalue weighted by Crippen LogP contribution is -2.40. The summed E-state index contributed by atoms with van der Waals surface area (Å²) in [4.78, 5) is 33.0. The van der Waals surface area contributed by atoms with Gasteiger partial charge in [0.1, 0.15) is 11.5 Å². The number of halogens is 1. The number of H-pyrrole nitrogens is 1. The third-order valence-corrected chi connectivity index (χ3v) is 5.13. The quantitative estimate of drug-likeness (QED) is 0.729. The number of aromatic nitrogens is 2.